The molecule has 48 heteroatoms. The van der Waals surface area contributed by atoms with E-state index in [-0.39, 0.29) is 185 Å². The summed E-state index contributed by atoms with van der Waals surface area (Å²) in [4.78, 5) is 50.3. The van der Waals surface area contributed by atoms with Gasteiger partial charge in [0.05, 0.1) is 0 Å². The van der Waals surface area contributed by atoms with Gasteiger partial charge >= 0.3 is 0 Å². The molecule has 3 heterocycles. The molecule has 3 aromatic carbocycles. The number of aliphatic hydroxyl groups excluding tert-OH is 12. The number of para-hydroxylation sites is 3. The third-order valence-electron chi connectivity index (χ3n) is 21.6. The Labute approximate surface area is 793 Å². The highest BCUT2D eigenvalue weighted by Crippen LogP contribution is 2.36. The Balaban J connectivity index is 1.39. The van der Waals surface area contributed by atoms with Crippen LogP contribution in [0.15, 0.2) is 141 Å². The Bertz CT molecular complexity index is 5140. The number of aliphatic imine (C=N–C) groups is 10. The lowest BCUT2D eigenvalue weighted by molar-refractivity contribution is -0.642. The number of hydrogen-bond donors (Lipinski definition) is 35. The lowest BCUT2D eigenvalue weighted by atomic mass is 9.99. The number of aliphatic hydroxyl groups is 12. The van der Waals surface area contributed by atoms with E-state index in [4.69, 9.17) is 94.1 Å². The summed E-state index contributed by atoms with van der Waals surface area (Å²) in [5.41, 5.74) is 51.4. The second-order valence-corrected chi connectivity index (χ2v) is 33.5. The summed E-state index contributed by atoms with van der Waals surface area (Å²) in [7, 11) is 2.07. The van der Waals surface area contributed by atoms with Gasteiger partial charge < -0.3 is 149 Å². The number of guanidine groups is 6. The molecule has 0 saturated carbocycles. The summed E-state index contributed by atoms with van der Waals surface area (Å²) in [5, 5.41) is 222. The minimum absolute atomic E-state index is 0.00757. The van der Waals surface area contributed by atoms with Crippen LogP contribution in [-0.2, 0) is 13.5 Å². The van der Waals surface area contributed by atoms with Crippen LogP contribution in [0.1, 0.15) is 170 Å². The van der Waals surface area contributed by atoms with Gasteiger partial charge in [-0.1, -0.05) is 66.3 Å². The van der Waals surface area contributed by atoms with E-state index in [0.29, 0.717) is 38.6 Å². The molecule has 43 N–H and O–H groups in total. The molecule has 10 atom stereocenters. The van der Waals surface area contributed by atoms with Crippen LogP contribution in [-0.4, -0.2) is 292 Å². The maximum Gasteiger partial charge on any atom is 0.263 e. The van der Waals surface area contributed by atoms with Crippen molar-refractivity contribution in [1.82, 2.24) is 36.9 Å². The molecule has 1 aliphatic heterocycles. The fraction of sp³-hybridized carbons (Fsp3) is 0.511. The Morgan fingerprint density at radius 3 is 1.16 bits per heavy atom. The number of fused-ring (bicyclic) bond motifs is 3. The first-order chi connectivity index (χ1) is 65.0. The highest BCUT2D eigenvalue weighted by atomic mass is 32.1. The number of aromatic nitrogens is 2. The van der Waals surface area contributed by atoms with Crippen molar-refractivity contribution in [3.05, 3.63) is 107 Å². The zero-order valence-corrected chi connectivity index (χ0v) is 77.6. The number of allylic oxidation sites excluding steroid dienone is 2. The summed E-state index contributed by atoms with van der Waals surface area (Å²) in [6, 6.07) is 9.39. The lowest BCUT2D eigenvalue weighted by Gasteiger charge is -2.27. The van der Waals surface area contributed by atoms with Gasteiger partial charge in [0.25, 0.3) is 5.01 Å². The SMILES string of the molecule is C[n+]1c(C=C2C=CN(CCCCCC(O)=N[C@@H](Cc3c[nH]c4ccccc34)C(O)=N[C@@H](CCCNC(=N)N)C(O)=N[C@@H](CCCCN)C(O)=N[C@@H](CCCCN)C(O)=N[C@@H](CCCNC(=N)N)C(O)=N[C@@H](CCCNC(=N)N)C(O)=N[C@@H](CCC(=N)O)C(O)=N[C@@H](CCCNC(=N)N)C(O)=N[C@@H](CCCNC(=N)N)C(O)=N[C@@H](CCCNC(=N)N)C(=N)O)c3ccccc32)sc2ccccc21. The molecule has 744 valence electrons. The molecule has 136 heavy (non-hydrogen) atoms. The highest BCUT2D eigenvalue weighted by Gasteiger charge is 2.32. The van der Waals surface area contributed by atoms with Crippen LogP contribution in [0.25, 0.3) is 32.8 Å². The summed E-state index contributed by atoms with van der Waals surface area (Å²) in [6.07, 6.45) is 10.5. The predicted octanol–water partition coefficient (Wildman–Crippen LogP) is 6.82. The van der Waals surface area contributed by atoms with E-state index in [1.165, 1.54) is 4.70 Å². The zero-order chi connectivity index (χ0) is 99.6. The van der Waals surface area contributed by atoms with E-state index >= 15 is 0 Å². The van der Waals surface area contributed by atoms with Gasteiger partial charge in [0.15, 0.2) is 47.6 Å². The molecule has 0 bridgehead atoms. The minimum atomic E-state index is -1.72. The van der Waals surface area contributed by atoms with Crippen molar-refractivity contribution < 1.29 is 65.8 Å². The van der Waals surface area contributed by atoms with Gasteiger partial charge in [0.2, 0.25) is 64.5 Å². The van der Waals surface area contributed by atoms with Crippen LogP contribution < -0.4 is 87.2 Å². The molecule has 0 radical (unpaired) electrons. The number of benzene rings is 3. The quantitative estimate of drug-likeness (QED) is 0.00821. The molecular formula is C88H140N35O12S+. The van der Waals surface area contributed by atoms with Gasteiger partial charge in [-0.2, -0.15) is 4.57 Å². The second kappa shape index (κ2) is 59.2. The summed E-state index contributed by atoms with van der Waals surface area (Å²) in [5.74, 6) is -11.5. The molecule has 1 aliphatic rings. The van der Waals surface area contributed by atoms with Gasteiger partial charge in [-0.05, 0) is 183 Å². The lowest BCUT2D eigenvalue weighted by Crippen LogP contribution is -2.34. The van der Waals surface area contributed by atoms with Gasteiger partial charge in [0, 0.05) is 112 Å². The molecule has 0 fully saturated rings. The summed E-state index contributed by atoms with van der Waals surface area (Å²) >= 11 is 1.73. The number of rotatable bonds is 64. The van der Waals surface area contributed by atoms with Crippen LogP contribution >= 0.6 is 11.3 Å². The average Bonchev–Trinajstić information content (AvgIpc) is 1.55. The van der Waals surface area contributed by atoms with Crippen molar-refractivity contribution in [1.29, 1.82) is 43.3 Å². The number of aromatic amines is 1. The summed E-state index contributed by atoms with van der Waals surface area (Å²) in [6.45, 7) is 1.39. The number of anilines is 1. The summed E-state index contributed by atoms with van der Waals surface area (Å²) < 4.78 is 3.39. The minimum Gasteiger partial charge on any atom is -0.497 e. The Hall–Kier alpha value is -14.5. The first-order valence-electron chi connectivity index (χ1n) is 45.3. The molecular weight excluding hydrogens is 1770 g/mol. The number of nitrogens with one attached hydrogen (secondary N) is 15. The van der Waals surface area contributed by atoms with Crippen LogP contribution in [0.3, 0.4) is 0 Å². The molecule has 47 nitrogen and oxygen atoms in total. The molecule has 2 aromatic heterocycles. The van der Waals surface area contributed by atoms with Crippen molar-refractivity contribution in [2.75, 3.05) is 63.8 Å². The Kier molecular flexibility index (Phi) is 48.0. The molecule has 0 amide bonds. The first kappa shape index (κ1) is 110. The predicted molar refractivity (Wildman–Crippen MR) is 543 cm³/mol. The van der Waals surface area contributed by atoms with Crippen molar-refractivity contribution in [3.63, 3.8) is 0 Å². The molecule has 0 saturated heterocycles. The van der Waals surface area contributed by atoms with Crippen molar-refractivity contribution >= 4 is 156 Å². The Morgan fingerprint density at radius 2 is 0.765 bits per heavy atom. The standard InChI is InChI=1S/C88H139N35O12S/c1-122-68-33-8-9-34-69(68)136-72(122)50-52-38-48-123(67-32-7-5-22-55(52)67)47-14-2-3-35-71(125)112-66(49-53-51-111-56-23-6-4-21-54(53)56)82(135)120-64(31-20-46-110-88(103)104)79(132)115-58(24-10-12-39-89)75(128)114-59(25-11-13-40-90)76(129)117-61(28-17-43-107-85(97)98)77(130)118-63(30-19-45-109-87(101)102)80(133)121-65(36-37-70(91)124)81(134)119-62(29-18-44-108-86(99)100)78(131)116-60(27-16-42-106-84(95)96)74(127)113-57(73(92)126)26-15-41-105-83(93)94/h4-9,21-23,32-34,38,48,50-51,57-66,111H,2-3,10-20,24-31,35-37,39-47,49,89-90H2,1H3,(H37-,91,92,93,94,95,96,97,98,99,100,101,102,103,104,105,106,107,108,109,110,112,113,114,115,116,117,118,119,120,121,124,125,126,127,128,129,130,131,132,133,134,135)/p+1/t57-,58-,59-,60-,61-,62-,63-,64-,65-,66-/m0/s1. The van der Waals surface area contributed by atoms with Gasteiger partial charge in [-0.3, -0.25) is 43.3 Å². The van der Waals surface area contributed by atoms with Crippen LogP contribution in [0.2, 0.25) is 0 Å². The second-order valence-electron chi connectivity index (χ2n) is 32.4. The van der Waals surface area contributed by atoms with E-state index in [9.17, 15) is 61.3 Å². The maximum atomic E-state index is 12.4. The van der Waals surface area contributed by atoms with Crippen molar-refractivity contribution in [2.24, 2.45) is 103 Å². The van der Waals surface area contributed by atoms with Crippen LogP contribution in [0, 0.1) is 43.3 Å². The van der Waals surface area contributed by atoms with E-state index in [1.54, 1.807) is 17.5 Å². The third kappa shape index (κ3) is 39.8. The molecule has 5 aromatic rings. The molecule has 0 unspecified atom stereocenters. The number of thiazole rings is 1. The van der Waals surface area contributed by atoms with Crippen LogP contribution in [0.5, 0.6) is 0 Å². The topological polar surface area (TPSA) is 860 Å². The number of aryl methyl sites for hydroxylation is 1. The van der Waals surface area contributed by atoms with Gasteiger partial charge in [-0.25, -0.2) is 49.9 Å². The number of nitrogens with two attached hydrogens (primary N) is 8. The van der Waals surface area contributed by atoms with E-state index < -0.39 is 156 Å². The third-order valence-corrected chi connectivity index (χ3v) is 22.8. The highest BCUT2D eigenvalue weighted by molar-refractivity contribution is 7.18. The largest absolute Gasteiger partial charge is 0.497 e. The molecule has 0 aliphatic carbocycles. The molecule has 0 spiro atoms. The van der Waals surface area contributed by atoms with E-state index in [2.05, 4.69) is 141 Å². The van der Waals surface area contributed by atoms with E-state index in [0.717, 1.165) is 50.2 Å². The number of unbranched alkanes of at least 4 members (excludes halogenated alkanes) is 4. The smallest absolute Gasteiger partial charge is 0.263 e. The zero-order valence-electron chi connectivity index (χ0n) is 76.8. The van der Waals surface area contributed by atoms with Crippen LogP contribution in [0.4, 0.5) is 5.69 Å². The first-order valence-corrected chi connectivity index (χ1v) is 46.1. The Morgan fingerprint density at radius 1 is 0.404 bits per heavy atom. The average molecular weight is 1910 g/mol. The van der Waals surface area contributed by atoms with Crippen molar-refractivity contribution in [3.8, 4) is 0 Å². The maximum absolute atomic E-state index is 12.4. The number of H-pyrrole nitrogens is 1. The van der Waals surface area contributed by atoms with Gasteiger partial charge in [0.1, 0.15) is 72.2 Å². The normalized spacial score (nSPS) is 15.9. The van der Waals surface area contributed by atoms with E-state index in [1.807, 2.05) is 48.5 Å². The fourth-order valence-corrected chi connectivity index (χ4v) is 15.6. The fourth-order valence-electron chi connectivity index (χ4n) is 14.5. The number of nitrogens with zero attached hydrogens (tertiary/aromatic N) is 12. The molecule has 6 rings (SSSR count). The van der Waals surface area contributed by atoms with Gasteiger partial charge in [-0.15, -0.1) is 0 Å². The van der Waals surface area contributed by atoms with Crippen molar-refractivity contribution in [2.45, 2.75) is 221 Å². The number of hydrogen-bond acceptors (Lipinski definition) is 22. The monoisotopic (exact) mass is 1910 g/mol.